The van der Waals surface area contributed by atoms with Gasteiger partial charge in [-0.3, -0.25) is 0 Å². The van der Waals surface area contributed by atoms with E-state index in [9.17, 15) is 4.79 Å². The average Bonchev–Trinajstić information content (AvgIpc) is 3.25. The van der Waals surface area contributed by atoms with Crippen LogP contribution in [0, 0.1) is 0 Å². The number of hydrogen-bond acceptors (Lipinski definition) is 6. The molecule has 1 aromatic carbocycles. The molecule has 1 unspecified atom stereocenters. The van der Waals surface area contributed by atoms with E-state index >= 15 is 0 Å². The van der Waals surface area contributed by atoms with Crippen molar-refractivity contribution in [2.24, 2.45) is 0 Å². The lowest BCUT2D eigenvalue weighted by Gasteiger charge is -2.26. The predicted molar refractivity (Wildman–Crippen MR) is 150 cm³/mol. The van der Waals surface area contributed by atoms with Crippen LogP contribution in [0.15, 0.2) is 42.1 Å². The quantitative estimate of drug-likeness (QED) is 0.399. The molecule has 1 fully saturated rings. The Balaban J connectivity index is 1.75. The fourth-order valence-corrected chi connectivity index (χ4v) is 4.14. The van der Waals surface area contributed by atoms with Crippen LogP contribution in [0.5, 0.6) is 0 Å². The third-order valence-electron chi connectivity index (χ3n) is 6.17. The van der Waals surface area contributed by atoms with E-state index < -0.39 is 5.60 Å². The van der Waals surface area contributed by atoms with Gasteiger partial charge in [-0.15, -0.1) is 0 Å². The molecule has 0 bridgehead atoms. The van der Waals surface area contributed by atoms with Gasteiger partial charge in [-0.2, -0.15) is 5.10 Å². The van der Waals surface area contributed by atoms with E-state index in [1.807, 2.05) is 25.5 Å². The van der Waals surface area contributed by atoms with Gasteiger partial charge in [0.25, 0.3) is 0 Å². The molecule has 8 nitrogen and oxygen atoms in total. The summed E-state index contributed by atoms with van der Waals surface area (Å²) in [4.78, 5) is 16.2. The van der Waals surface area contributed by atoms with Crippen LogP contribution in [-0.4, -0.2) is 71.6 Å². The molecule has 3 rings (SSSR count). The third-order valence-corrected chi connectivity index (χ3v) is 6.17. The zero-order valence-electron chi connectivity index (χ0n) is 23.7. The second-order valence-corrected chi connectivity index (χ2v) is 11.2. The Bertz CT molecular complexity index is 1050. The monoisotopic (exact) mass is 511 g/mol. The Morgan fingerprint density at radius 3 is 2.70 bits per heavy atom. The highest BCUT2D eigenvalue weighted by molar-refractivity contribution is 5.68. The zero-order chi connectivity index (χ0) is 27.0. The largest absolute Gasteiger partial charge is 0.444 e. The number of amides is 1. The van der Waals surface area contributed by atoms with E-state index in [1.54, 1.807) is 11.9 Å². The smallest absolute Gasteiger partial charge is 0.410 e. The predicted octanol–water partition coefficient (Wildman–Crippen LogP) is 5.93. The van der Waals surface area contributed by atoms with Crippen molar-refractivity contribution in [3.8, 4) is 11.3 Å². The van der Waals surface area contributed by atoms with Crippen molar-refractivity contribution in [3.05, 3.63) is 47.7 Å². The minimum absolute atomic E-state index is 0.0242. The van der Waals surface area contributed by atoms with Crippen LogP contribution >= 0.6 is 0 Å². The van der Waals surface area contributed by atoms with Crippen LogP contribution in [0.1, 0.15) is 65.7 Å². The summed E-state index contributed by atoms with van der Waals surface area (Å²) in [5.74, 6) is 0. The fraction of sp³-hybridized carbons (Fsp3) is 0.586. The van der Waals surface area contributed by atoms with Gasteiger partial charge in [-0.25, -0.2) is 9.48 Å². The average molecular weight is 512 g/mol. The first-order valence-corrected chi connectivity index (χ1v) is 13.3. The summed E-state index contributed by atoms with van der Waals surface area (Å²) < 4.78 is 13.5. The summed E-state index contributed by atoms with van der Waals surface area (Å²) >= 11 is 0. The van der Waals surface area contributed by atoms with Crippen LogP contribution in [0.3, 0.4) is 0 Å². The van der Waals surface area contributed by atoms with Gasteiger partial charge in [-0.1, -0.05) is 23.8 Å². The van der Waals surface area contributed by atoms with Crippen LogP contribution in [0.4, 0.5) is 10.5 Å². The van der Waals surface area contributed by atoms with Gasteiger partial charge in [0.15, 0.2) is 0 Å². The summed E-state index contributed by atoms with van der Waals surface area (Å²) in [6.45, 7) is 13.4. The summed E-state index contributed by atoms with van der Waals surface area (Å²) in [5, 5.41) is 8.49. The molecule has 8 heteroatoms. The molecular formula is C29H45N5O3. The highest BCUT2D eigenvalue weighted by atomic mass is 16.6. The number of benzene rings is 1. The van der Waals surface area contributed by atoms with Gasteiger partial charge in [0, 0.05) is 62.8 Å². The molecule has 2 heterocycles. The normalized spacial score (nSPS) is 15.9. The van der Waals surface area contributed by atoms with E-state index in [1.165, 1.54) is 5.57 Å². The third kappa shape index (κ3) is 9.20. The number of nitrogens with one attached hydrogen (secondary N) is 1. The van der Waals surface area contributed by atoms with Crippen molar-refractivity contribution < 1.29 is 14.3 Å². The van der Waals surface area contributed by atoms with Crippen LogP contribution in [0.25, 0.3) is 11.3 Å². The lowest BCUT2D eigenvalue weighted by molar-refractivity contribution is -0.0394. The molecule has 1 aliphatic rings. The Morgan fingerprint density at radius 2 is 2.03 bits per heavy atom. The van der Waals surface area contributed by atoms with Gasteiger partial charge in [0.1, 0.15) is 11.8 Å². The number of ether oxygens (including phenoxy) is 2. The molecule has 1 N–H and O–H groups in total. The maximum Gasteiger partial charge on any atom is 0.410 e. The van der Waals surface area contributed by atoms with Gasteiger partial charge < -0.3 is 24.6 Å². The van der Waals surface area contributed by atoms with E-state index in [0.717, 1.165) is 54.9 Å². The molecule has 1 saturated heterocycles. The molecule has 1 aliphatic heterocycles. The highest BCUT2D eigenvalue weighted by Crippen LogP contribution is 2.29. The van der Waals surface area contributed by atoms with E-state index in [0.29, 0.717) is 19.6 Å². The number of rotatable bonds is 10. The second-order valence-electron chi connectivity index (χ2n) is 11.2. The van der Waals surface area contributed by atoms with Crippen LogP contribution in [-0.2, 0) is 16.0 Å². The second kappa shape index (κ2) is 13.1. The Morgan fingerprint density at radius 1 is 1.24 bits per heavy atom. The zero-order valence-corrected chi connectivity index (χ0v) is 23.7. The summed E-state index contributed by atoms with van der Waals surface area (Å²) in [6.07, 6.45) is 7.20. The Hall–Kier alpha value is -2.84. The number of likely N-dealkylation sites (N-methyl/N-ethyl adjacent to an activating group) is 2. The van der Waals surface area contributed by atoms with Gasteiger partial charge in [0.05, 0.1) is 5.69 Å². The first kappa shape index (κ1) is 28.7. The van der Waals surface area contributed by atoms with E-state index in [-0.39, 0.29) is 12.3 Å². The molecule has 1 aromatic heterocycles. The maximum atomic E-state index is 12.3. The van der Waals surface area contributed by atoms with Crippen molar-refractivity contribution in [1.82, 2.24) is 19.6 Å². The number of anilines is 1. The van der Waals surface area contributed by atoms with Crippen LogP contribution in [0.2, 0.25) is 0 Å². The number of hydrogen-bond donors (Lipinski definition) is 1. The maximum absolute atomic E-state index is 12.3. The van der Waals surface area contributed by atoms with Crippen molar-refractivity contribution in [1.29, 1.82) is 0 Å². The molecule has 204 valence electrons. The molecule has 0 spiro atoms. The molecule has 1 atom stereocenters. The van der Waals surface area contributed by atoms with Crippen molar-refractivity contribution >= 4 is 11.8 Å². The standard InChI is InChI=1S/C29H45N5O3/c1-22(2)14-15-30-25-12-10-11-23(19-25)27-24(21-34(31-27)26-13-8-9-18-36-26)20-32(6)16-17-33(7)28(35)37-29(3,4)5/h10-12,14,19,21,26,30H,8-9,13,15-18,20H2,1-7H3. The van der Waals surface area contributed by atoms with Crippen molar-refractivity contribution in [3.63, 3.8) is 0 Å². The first-order valence-electron chi connectivity index (χ1n) is 13.3. The van der Waals surface area contributed by atoms with E-state index in [2.05, 4.69) is 67.7 Å². The van der Waals surface area contributed by atoms with E-state index in [4.69, 9.17) is 14.6 Å². The number of carbonyl (C=O) groups excluding carboxylic acids is 1. The molecule has 0 radical (unpaired) electrons. The molecule has 37 heavy (non-hydrogen) atoms. The molecule has 1 amide bonds. The van der Waals surface area contributed by atoms with Gasteiger partial charge >= 0.3 is 6.09 Å². The SMILES string of the molecule is CC(C)=CCNc1cccc(-c2nn(C3CCCCO3)cc2CN(C)CCN(C)C(=O)OC(C)(C)C)c1. The molecule has 0 saturated carbocycles. The summed E-state index contributed by atoms with van der Waals surface area (Å²) in [5.41, 5.74) is 5.03. The summed E-state index contributed by atoms with van der Waals surface area (Å²) in [7, 11) is 3.85. The molecular weight excluding hydrogens is 466 g/mol. The Labute approximate surface area is 222 Å². The van der Waals surface area contributed by atoms with Crippen molar-refractivity contribution in [2.45, 2.75) is 72.3 Å². The molecule has 0 aliphatic carbocycles. The lowest BCUT2D eigenvalue weighted by Crippen LogP contribution is -2.38. The minimum atomic E-state index is -0.503. The number of carbonyl (C=O) groups is 1. The minimum Gasteiger partial charge on any atom is -0.444 e. The fourth-order valence-electron chi connectivity index (χ4n) is 4.14. The number of nitrogens with zero attached hydrogens (tertiary/aromatic N) is 4. The number of aromatic nitrogens is 2. The van der Waals surface area contributed by atoms with Crippen LogP contribution < -0.4 is 5.32 Å². The van der Waals surface area contributed by atoms with Gasteiger partial charge in [0.2, 0.25) is 0 Å². The topological polar surface area (TPSA) is 71.9 Å². The lowest BCUT2D eigenvalue weighted by atomic mass is 10.1. The molecule has 2 aromatic rings. The van der Waals surface area contributed by atoms with Gasteiger partial charge in [-0.05, 0) is 73.1 Å². The summed E-state index contributed by atoms with van der Waals surface area (Å²) in [6, 6.07) is 8.43. The highest BCUT2D eigenvalue weighted by Gasteiger charge is 2.22. The number of allylic oxidation sites excluding steroid dienone is 1. The first-order chi connectivity index (χ1) is 17.5. The Kier molecular flexibility index (Phi) is 10.2. The van der Waals surface area contributed by atoms with Crippen molar-refractivity contribution in [2.75, 3.05) is 45.7 Å².